The highest BCUT2D eigenvalue weighted by Gasteiger charge is 1.98. The maximum absolute atomic E-state index is 2.40. The van der Waals surface area contributed by atoms with Gasteiger partial charge >= 0.3 is 0 Å². The molecule has 0 aliphatic heterocycles. The molecule has 60 valence electrons. The van der Waals surface area contributed by atoms with Gasteiger partial charge in [-0.2, -0.15) is 0 Å². The van der Waals surface area contributed by atoms with E-state index in [0.717, 1.165) is 0 Å². The molecular weight excluding hydrogens is 259 g/mol. The largest absolute Gasteiger partial charge is 0.0616 e. The lowest BCUT2D eigenvalue weighted by Gasteiger charge is -2.02. The van der Waals surface area contributed by atoms with Gasteiger partial charge in [0.05, 0.1) is 0 Å². The van der Waals surface area contributed by atoms with Crippen molar-refractivity contribution in [2.75, 3.05) is 0 Å². The van der Waals surface area contributed by atoms with Crippen molar-refractivity contribution in [1.29, 1.82) is 0 Å². The van der Waals surface area contributed by atoms with E-state index in [1.54, 1.807) is 0 Å². The fraction of sp³-hybridized carbons (Fsp3) is 0.0909. The van der Waals surface area contributed by atoms with Gasteiger partial charge in [-0.25, -0.2) is 0 Å². The molecule has 0 unspecified atom stereocenters. The number of hydrogen-bond acceptors (Lipinski definition) is 0. The summed E-state index contributed by atoms with van der Waals surface area (Å²) in [6, 6.07) is 12.8. The molecule has 12 heavy (non-hydrogen) atoms. The first kappa shape index (κ1) is 8.05. The molecule has 0 amide bonds. The SMILES string of the molecule is Cc1ccc2ccccc2c1I. The first-order valence-electron chi connectivity index (χ1n) is 3.93. The maximum Gasteiger partial charge on any atom is 0.0238 e. The van der Waals surface area contributed by atoms with Gasteiger partial charge in [0, 0.05) is 3.57 Å². The van der Waals surface area contributed by atoms with Crippen LogP contribution in [0.25, 0.3) is 10.8 Å². The van der Waals surface area contributed by atoms with Crippen molar-refractivity contribution in [1.82, 2.24) is 0 Å². The van der Waals surface area contributed by atoms with Gasteiger partial charge < -0.3 is 0 Å². The summed E-state index contributed by atoms with van der Waals surface area (Å²) in [5.74, 6) is 0. The second kappa shape index (κ2) is 3.05. The zero-order chi connectivity index (χ0) is 8.55. The average molecular weight is 268 g/mol. The third kappa shape index (κ3) is 1.22. The quantitative estimate of drug-likeness (QED) is 0.638. The van der Waals surface area contributed by atoms with E-state index in [0.29, 0.717) is 0 Å². The molecule has 2 aromatic rings. The summed E-state index contributed by atoms with van der Waals surface area (Å²) in [6.45, 7) is 2.15. The Kier molecular flexibility index (Phi) is 2.05. The second-order valence-electron chi connectivity index (χ2n) is 2.92. The molecule has 0 saturated carbocycles. The summed E-state index contributed by atoms with van der Waals surface area (Å²) in [7, 11) is 0. The van der Waals surface area contributed by atoms with Gasteiger partial charge in [-0.1, -0.05) is 36.4 Å². The molecular formula is C11H9I. The minimum atomic E-state index is 1.33. The Hall–Kier alpha value is -0.570. The third-order valence-electron chi connectivity index (χ3n) is 2.06. The number of benzene rings is 2. The molecule has 0 nitrogen and oxygen atoms in total. The van der Waals surface area contributed by atoms with Gasteiger partial charge in [0.1, 0.15) is 0 Å². The minimum Gasteiger partial charge on any atom is -0.0616 e. The molecule has 0 spiro atoms. The van der Waals surface area contributed by atoms with Crippen LogP contribution in [0.5, 0.6) is 0 Å². The summed E-state index contributed by atoms with van der Waals surface area (Å²) >= 11 is 2.40. The zero-order valence-corrected chi connectivity index (χ0v) is 9.00. The highest BCUT2D eigenvalue weighted by atomic mass is 127. The Bertz CT molecular complexity index is 418. The Morgan fingerprint density at radius 3 is 2.58 bits per heavy atom. The lowest BCUT2D eigenvalue weighted by molar-refractivity contribution is 1.47. The van der Waals surface area contributed by atoms with E-state index in [4.69, 9.17) is 0 Å². The van der Waals surface area contributed by atoms with Crippen LogP contribution in [0.3, 0.4) is 0 Å². The summed E-state index contributed by atoms with van der Waals surface area (Å²) in [5, 5.41) is 2.69. The number of fused-ring (bicyclic) bond motifs is 1. The van der Waals surface area contributed by atoms with Crippen molar-refractivity contribution in [3.05, 3.63) is 45.5 Å². The van der Waals surface area contributed by atoms with Crippen molar-refractivity contribution in [3.8, 4) is 0 Å². The summed E-state index contributed by atoms with van der Waals surface area (Å²) < 4.78 is 1.37. The van der Waals surface area contributed by atoms with Crippen LogP contribution in [0.2, 0.25) is 0 Å². The molecule has 0 aliphatic carbocycles. The van der Waals surface area contributed by atoms with Gasteiger partial charge in [-0.05, 0) is 45.9 Å². The Morgan fingerprint density at radius 2 is 1.75 bits per heavy atom. The van der Waals surface area contributed by atoms with Crippen molar-refractivity contribution < 1.29 is 0 Å². The lowest BCUT2D eigenvalue weighted by Crippen LogP contribution is -1.81. The van der Waals surface area contributed by atoms with Crippen LogP contribution < -0.4 is 0 Å². The summed E-state index contributed by atoms with van der Waals surface area (Å²) in [6.07, 6.45) is 0. The molecule has 0 radical (unpaired) electrons. The van der Waals surface area contributed by atoms with Crippen LogP contribution in [0.15, 0.2) is 36.4 Å². The first-order chi connectivity index (χ1) is 5.79. The predicted molar refractivity (Wildman–Crippen MR) is 61.4 cm³/mol. The second-order valence-corrected chi connectivity index (χ2v) is 4.00. The highest BCUT2D eigenvalue weighted by molar-refractivity contribution is 14.1. The topological polar surface area (TPSA) is 0 Å². The molecule has 0 N–H and O–H groups in total. The molecule has 0 atom stereocenters. The molecule has 1 heteroatoms. The molecule has 0 aromatic heterocycles. The lowest BCUT2D eigenvalue weighted by atomic mass is 10.1. The summed E-state index contributed by atoms with van der Waals surface area (Å²) in [4.78, 5) is 0. The molecule has 0 bridgehead atoms. The van der Waals surface area contributed by atoms with Gasteiger partial charge in [-0.15, -0.1) is 0 Å². The smallest absolute Gasteiger partial charge is 0.0238 e. The third-order valence-corrected chi connectivity index (χ3v) is 3.49. The molecule has 0 saturated heterocycles. The Labute approximate surface area is 85.7 Å². The molecule has 0 aliphatic rings. The van der Waals surface area contributed by atoms with E-state index >= 15 is 0 Å². The summed E-state index contributed by atoms with van der Waals surface area (Å²) in [5.41, 5.74) is 1.36. The molecule has 0 fully saturated rings. The van der Waals surface area contributed by atoms with Gasteiger partial charge in [0.25, 0.3) is 0 Å². The van der Waals surface area contributed by atoms with Crippen molar-refractivity contribution in [2.24, 2.45) is 0 Å². The van der Waals surface area contributed by atoms with Crippen LogP contribution in [0.4, 0.5) is 0 Å². The maximum atomic E-state index is 2.40. The van der Waals surface area contributed by atoms with E-state index in [1.165, 1.54) is 19.9 Å². The van der Waals surface area contributed by atoms with E-state index in [-0.39, 0.29) is 0 Å². The molecule has 0 heterocycles. The number of aryl methyl sites for hydroxylation is 1. The Morgan fingerprint density at radius 1 is 1.00 bits per heavy atom. The van der Waals surface area contributed by atoms with Crippen LogP contribution in [-0.4, -0.2) is 0 Å². The molecule has 2 rings (SSSR count). The average Bonchev–Trinajstić information content (AvgIpc) is 2.12. The van der Waals surface area contributed by atoms with Gasteiger partial charge in [0.2, 0.25) is 0 Å². The normalized spacial score (nSPS) is 10.5. The van der Waals surface area contributed by atoms with Crippen LogP contribution >= 0.6 is 22.6 Å². The fourth-order valence-corrected chi connectivity index (χ4v) is 2.01. The van der Waals surface area contributed by atoms with Crippen molar-refractivity contribution in [2.45, 2.75) is 6.92 Å². The van der Waals surface area contributed by atoms with Gasteiger partial charge in [-0.3, -0.25) is 0 Å². The zero-order valence-electron chi connectivity index (χ0n) is 6.84. The van der Waals surface area contributed by atoms with E-state index in [9.17, 15) is 0 Å². The van der Waals surface area contributed by atoms with E-state index < -0.39 is 0 Å². The van der Waals surface area contributed by atoms with Crippen LogP contribution in [0.1, 0.15) is 5.56 Å². The monoisotopic (exact) mass is 268 g/mol. The predicted octanol–water partition coefficient (Wildman–Crippen LogP) is 3.75. The number of rotatable bonds is 0. The number of hydrogen-bond donors (Lipinski definition) is 0. The van der Waals surface area contributed by atoms with Gasteiger partial charge in [0.15, 0.2) is 0 Å². The fourth-order valence-electron chi connectivity index (χ4n) is 1.34. The standard InChI is InChI=1S/C11H9I/c1-8-6-7-9-4-2-3-5-10(9)11(8)12/h2-7H,1H3. The first-order valence-corrected chi connectivity index (χ1v) is 5.01. The van der Waals surface area contributed by atoms with Crippen molar-refractivity contribution in [3.63, 3.8) is 0 Å². The Balaban J connectivity index is 2.91. The van der Waals surface area contributed by atoms with Crippen molar-refractivity contribution >= 4 is 33.4 Å². The van der Waals surface area contributed by atoms with Crippen LogP contribution in [0, 0.1) is 10.5 Å². The van der Waals surface area contributed by atoms with E-state index in [1.807, 2.05) is 0 Å². The molecule has 2 aromatic carbocycles. The highest BCUT2D eigenvalue weighted by Crippen LogP contribution is 2.23. The van der Waals surface area contributed by atoms with E-state index in [2.05, 4.69) is 65.9 Å². The minimum absolute atomic E-state index is 1.33. The number of halogens is 1. The van der Waals surface area contributed by atoms with Crippen LogP contribution in [-0.2, 0) is 0 Å².